The van der Waals surface area contributed by atoms with E-state index in [1.54, 1.807) is 0 Å². The van der Waals surface area contributed by atoms with E-state index in [2.05, 4.69) is 10.6 Å². The van der Waals surface area contributed by atoms with Crippen LogP contribution in [0.2, 0.25) is 0 Å². The number of nitrogens with one attached hydrogen (secondary N) is 2. The van der Waals surface area contributed by atoms with E-state index in [4.69, 9.17) is 5.73 Å². The molecule has 1 rings (SSSR count). The van der Waals surface area contributed by atoms with Crippen LogP contribution in [-0.2, 0) is 0 Å². The molecule has 0 fully saturated rings. The summed E-state index contributed by atoms with van der Waals surface area (Å²) in [6, 6.07) is 3.60. The van der Waals surface area contributed by atoms with Crippen molar-refractivity contribution in [3.05, 3.63) is 24.0 Å². The van der Waals surface area contributed by atoms with Crippen LogP contribution < -0.4 is 16.4 Å². The van der Waals surface area contributed by atoms with Crippen molar-refractivity contribution < 1.29 is 9.18 Å². The molecule has 4 N–H and O–H groups in total. The second kappa shape index (κ2) is 5.34. The van der Waals surface area contributed by atoms with Crippen molar-refractivity contribution >= 4 is 17.4 Å². The zero-order valence-electron chi connectivity index (χ0n) is 9.38. The number of nitrogen functional groups attached to an aromatic ring is 1. The fraction of sp³-hybridized carbons (Fsp3) is 0.364. The predicted octanol–water partition coefficient (Wildman–Crippen LogP) is 2.19. The first-order valence-corrected chi connectivity index (χ1v) is 5.09. The highest BCUT2D eigenvalue weighted by atomic mass is 19.1. The van der Waals surface area contributed by atoms with Crippen LogP contribution >= 0.6 is 0 Å². The minimum atomic E-state index is -0.506. The third kappa shape index (κ3) is 3.76. The van der Waals surface area contributed by atoms with Crippen molar-refractivity contribution in [1.29, 1.82) is 0 Å². The molecule has 0 aromatic heterocycles. The lowest BCUT2D eigenvalue weighted by Crippen LogP contribution is -2.31. The second-order valence-electron chi connectivity index (χ2n) is 3.97. The van der Waals surface area contributed by atoms with Gasteiger partial charge in [0.2, 0.25) is 0 Å². The van der Waals surface area contributed by atoms with Crippen molar-refractivity contribution in [2.45, 2.75) is 13.8 Å². The van der Waals surface area contributed by atoms with Gasteiger partial charge in [0, 0.05) is 12.2 Å². The topological polar surface area (TPSA) is 67.2 Å². The van der Waals surface area contributed by atoms with Gasteiger partial charge in [-0.05, 0) is 24.1 Å². The van der Waals surface area contributed by atoms with Crippen LogP contribution in [-0.4, -0.2) is 12.6 Å². The molecule has 4 nitrogen and oxygen atoms in total. The molecule has 0 saturated carbocycles. The maximum atomic E-state index is 13.2. The van der Waals surface area contributed by atoms with Gasteiger partial charge in [0.15, 0.2) is 0 Å². The molecule has 1 aromatic carbocycles. The SMILES string of the molecule is CC(C)CNC(=O)Nc1cc(N)ccc1F. The number of carbonyl (C=O) groups is 1. The zero-order valence-corrected chi connectivity index (χ0v) is 9.38. The summed E-state index contributed by atoms with van der Waals surface area (Å²) in [5, 5.41) is 5.02. The number of amides is 2. The highest BCUT2D eigenvalue weighted by molar-refractivity contribution is 5.89. The first-order chi connectivity index (χ1) is 7.49. The molecule has 0 unspecified atom stereocenters. The van der Waals surface area contributed by atoms with Crippen molar-refractivity contribution in [2.75, 3.05) is 17.6 Å². The van der Waals surface area contributed by atoms with Crippen LogP contribution in [0.25, 0.3) is 0 Å². The standard InChI is InChI=1S/C11H16FN3O/c1-7(2)6-14-11(16)15-10-5-8(13)3-4-9(10)12/h3-5,7H,6,13H2,1-2H3,(H2,14,15,16). The lowest BCUT2D eigenvalue weighted by molar-refractivity contribution is 0.250. The predicted molar refractivity (Wildman–Crippen MR) is 62.7 cm³/mol. The molecule has 0 bridgehead atoms. The van der Waals surface area contributed by atoms with E-state index in [1.807, 2.05) is 13.8 Å². The molecule has 1 aromatic rings. The highest BCUT2D eigenvalue weighted by Crippen LogP contribution is 2.16. The van der Waals surface area contributed by atoms with Gasteiger partial charge in [0.1, 0.15) is 5.82 Å². The number of carbonyl (C=O) groups excluding carboxylic acids is 1. The number of halogens is 1. The van der Waals surface area contributed by atoms with Gasteiger partial charge in [0.05, 0.1) is 5.69 Å². The number of hydrogen-bond acceptors (Lipinski definition) is 2. The van der Waals surface area contributed by atoms with Gasteiger partial charge in [-0.2, -0.15) is 0 Å². The molecule has 5 heteroatoms. The van der Waals surface area contributed by atoms with E-state index in [0.29, 0.717) is 18.2 Å². The number of urea groups is 1. The highest BCUT2D eigenvalue weighted by Gasteiger charge is 2.07. The molecule has 0 atom stereocenters. The molecule has 0 aliphatic rings. The van der Waals surface area contributed by atoms with Gasteiger partial charge in [-0.25, -0.2) is 9.18 Å². The first-order valence-electron chi connectivity index (χ1n) is 5.09. The van der Waals surface area contributed by atoms with E-state index in [9.17, 15) is 9.18 Å². The third-order valence-corrected chi connectivity index (χ3v) is 1.91. The summed E-state index contributed by atoms with van der Waals surface area (Å²) in [5.74, 6) is -0.162. The van der Waals surface area contributed by atoms with Gasteiger partial charge < -0.3 is 16.4 Å². The van der Waals surface area contributed by atoms with Gasteiger partial charge in [-0.1, -0.05) is 13.8 Å². The van der Waals surface area contributed by atoms with E-state index in [0.717, 1.165) is 0 Å². The maximum absolute atomic E-state index is 13.2. The number of rotatable bonds is 3. The average Bonchev–Trinajstić information content (AvgIpc) is 2.20. The lowest BCUT2D eigenvalue weighted by Gasteiger charge is -2.10. The second-order valence-corrected chi connectivity index (χ2v) is 3.97. The van der Waals surface area contributed by atoms with Crippen LogP contribution in [0.4, 0.5) is 20.6 Å². The fourth-order valence-electron chi connectivity index (χ4n) is 1.10. The molecular weight excluding hydrogens is 209 g/mol. The molecule has 16 heavy (non-hydrogen) atoms. The largest absolute Gasteiger partial charge is 0.399 e. The van der Waals surface area contributed by atoms with Gasteiger partial charge in [-0.15, -0.1) is 0 Å². The molecule has 88 valence electrons. The fourth-order valence-corrected chi connectivity index (χ4v) is 1.10. The summed E-state index contributed by atoms with van der Waals surface area (Å²) in [5.41, 5.74) is 5.97. The van der Waals surface area contributed by atoms with Crippen LogP contribution in [0.1, 0.15) is 13.8 Å². The van der Waals surface area contributed by atoms with E-state index in [-0.39, 0.29) is 5.69 Å². The average molecular weight is 225 g/mol. The first kappa shape index (κ1) is 12.3. The van der Waals surface area contributed by atoms with E-state index >= 15 is 0 Å². The smallest absolute Gasteiger partial charge is 0.319 e. The number of hydrogen-bond donors (Lipinski definition) is 3. The minimum absolute atomic E-state index is 0.0845. The number of anilines is 2. The summed E-state index contributed by atoms with van der Waals surface area (Å²) in [7, 11) is 0. The van der Waals surface area contributed by atoms with Gasteiger partial charge in [-0.3, -0.25) is 0 Å². The summed E-state index contributed by atoms with van der Waals surface area (Å²) >= 11 is 0. The van der Waals surface area contributed by atoms with E-state index in [1.165, 1.54) is 18.2 Å². The summed E-state index contributed by atoms with van der Waals surface area (Å²) in [6.07, 6.45) is 0. The van der Waals surface area contributed by atoms with Crippen molar-refractivity contribution in [3.63, 3.8) is 0 Å². The molecule has 0 spiro atoms. The van der Waals surface area contributed by atoms with Crippen molar-refractivity contribution in [2.24, 2.45) is 5.92 Å². The van der Waals surface area contributed by atoms with E-state index < -0.39 is 11.8 Å². The molecule has 2 amide bonds. The quantitative estimate of drug-likeness (QED) is 0.690. The monoisotopic (exact) mass is 225 g/mol. The molecular formula is C11H16FN3O. The number of nitrogens with two attached hydrogens (primary N) is 1. The molecule has 0 radical (unpaired) electrons. The Kier molecular flexibility index (Phi) is 4.10. The molecule has 0 aliphatic carbocycles. The molecule has 0 aliphatic heterocycles. The zero-order chi connectivity index (χ0) is 12.1. The van der Waals surface area contributed by atoms with Crippen LogP contribution in [0, 0.1) is 11.7 Å². The Balaban J connectivity index is 2.59. The third-order valence-electron chi connectivity index (χ3n) is 1.91. The molecule has 0 saturated heterocycles. The Morgan fingerprint density at radius 2 is 2.19 bits per heavy atom. The summed E-state index contributed by atoms with van der Waals surface area (Å²) < 4.78 is 13.2. The Hall–Kier alpha value is -1.78. The minimum Gasteiger partial charge on any atom is -0.399 e. The Labute approximate surface area is 94.0 Å². The normalized spacial score (nSPS) is 10.2. The Bertz CT molecular complexity index is 379. The summed E-state index contributed by atoms with van der Waals surface area (Å²) in [4.78, 5) is 11.4. The Morgan fingerprint density at radius 3 is 2.81 bits per heavy atom. The van der Waals surface area contributed by atoms with Gasteiger partial charge in [0.25, 0.3) is 0 Å². The molecule has 0 heterocycles. The van der Waals surface area contributed by atoms with Crippen LogP contribution in [0.5, 0.6) is 0 Å². The van der Waals surface area contributed by atoms with Crippen molar-refractivity contribution in [1.82, 2.24) is 5.32 Å². The van der Waals surface area contributed by atoms with Crippen LogP contribution in [0.15, 0.2) is 18.2 Å². The summed E-state index contributed by atoms with van der Waals surface area (Å²) in [6.45, 7) is 4.48. The van der Waals surface area contributed by atoms with Gasteiger partial charge >= 0.3 is 6.03 Å². The Morgan fingerprint density at radius 1 is 1.50 bits per heavy atom. The van der Waals surface area contributed by atoms with Crippen LogP contribution in [0.3, 0.4) is 0 Å². The number of benzene rings is 1. The maximum Gasteiger partial charge on any atom is 0.319 e. The lowest BCUT2D eigenvalue weighted by atomic mass is 10.2. The van der Waals surface area contributed by atoms with Crippen molar-refractivity contribution in [3.8, 4) is 0 Å².